The van der Waals surface area contributed by atoms with Crippen LogP contribution in [0, 0.1) is 5.92 Å². The lowest BCUT2D eigenvalue weighted by atomic mass is 9.91. The molecule has 2 heteroatoms. The lowest BCUT2D eigenvalue weighted by Crippen LogP contribution is -2.23. The van der Waals surface area contributed by atoms with Crippen molar-refractivity contribution in [2.75, 3.05) is 0 Å². The zero-order valence-electron chi connectivity index (χ0n) is 7.63. The molecule has 0 aromatic heterocycles. The highest BCUT2D eigenvalue weighted by molar-refractivity contribution is 9.10. The van der Waals surface area contributed by atoms with Gasteiger partial charge in [-0.25, -0.2) is 0 Å². The largest absolute Gasteiger partial charge is 0.385 e. The molecule has 0 heterocycles. The summed E-state index contributed by atoms with van der Waals surface area (Å²) < 4.78 is 1.03. The van der Waals surface area contributed by atoms with Crippen molar-refractivity contribution in [1.82, 2.24) is 0 Å². The van der Waals surface area contributed by atoms with Gasteiger partial charge in [0, 0.05) is 4.47 Å². The molecule has 2 rings (SSSR count). The molecule has 1 aromatic rings. The van der Waals surface area contributed by atoms with Crippen LogP contribution in [0.15, 0.2) is 28.7 Å². The molecule has 1 saturated carbocycles. The summed E-state index contributed by atoms with van der Waals surface area (Å²) in [5.74, 6) is 0.460. The van der Waals surface area contributed by atoms with Crippen LogP contribution in [0.3, 0.4) is 0 Å². The molecule has 1 aliphatic carbocycles. The molecular weight excluding hydrogens is 228 g/mol. The van der Waals surface area contributed by atoms with Crippen molar-refractivity contribution in [1.29, 1.82) is 0 Å². The molecule has 1 aliphatic rings. The van der Waals surface area contributed by atoms with Gasteiger partial charge in [0.15, 0.2) is 0 Å². The van der Waals surface area contributed by atoms with Crippen LogP contribution in [0.2, 0.25) is 0 Å². The zero-order chi connectivity index (χ0) is 9.47. The lowest BCUT2D eigenvalue weighted by Gasteiger charge is -2.23. The first-order valence-electron chi connectivity index (χ1n) is 4.59. The maximum absolute atomic E-state index is 10.2. The van der Waals surface area contributed by atoms with E-state index in [1.807, 2.05) is 31.2 Å². The van der Waals surface area contributed by atoms with Crippen LogP contribution >= 0.6 is 15.9 Å². The van der Waals surface area contributed by atoms with E-state index in [4.69, 9.17) is 0 Å². The highest BCUT2D eigenvalue weighted by Crippen LogP contribution is 2.45. The van der Waals surface area contributed by atoms with Crippen molar-refractivity contribution >= 4 is 15.9 Å². The van der Waals surface area contributed by atoms with Crippen molar-refractivity contribution in [3.63, 3.8) is 0 Å². The summed E-state index contributed by atoms with van der Waals surface area (Å²) in [4.78, 5) is 0. The monoisotopic (exact) mass is 240 g/mol. The molecule has 70 valence electrons. The van der Waals surface area contributed by atoms with E-state index >= 15 is 0 Å². The summed E-state index contributed by atoms with van der Waals surface area (Å²) >= 11 is 3.41. The molecule has 13 heavy (non-hydrogen) atoms. The predicted octanol–water partition coefficient (Wildman–Crippen LogP) is 3.07. The molecule has 1 nitrogen and oxygen atoms in total. The first kappa shape index (κ1) is 9.22. The number of halogens is 1. The number of aliphatic hydroxyl groups is 1. The van der Waals surface area contributed by atoms with Crippen LogP contribution in [0.4, 0.5) is 0 Å². The van der Waals surface area contributed by atoms with Crippen LogP contribution in [0.1, 0.15) is 25.3 Å². The summed E-state index contributed by atoms with van der Waals surface area (Å²) in [5, 5.41) is 10.2. The minimum absolute atomic E-state index is 0.460. The average molecular weight is 241 g/mol. The lowest BCUT2D eigenvalue weighted by molar-refractivity contribution is 0.0330. The molecule has 0 bridgehead atoms. The van der Waals surface area contributed by atoms with Gasteiger partial charge >= 0.3 is 0 Å². The summed E-state index contributed by atoms with van der Waals surface area (Å²) in [5.41, 5.74) is 0.383. The van der Waals surface area contributed by atoms with Crippen LogP contribution in [-0.2, 0) is 5.60 Å². The first-order chi connectivity index (χ1) is 6.10. The van der Waals surface area contributed by atoms with E-state index < -0.39 is 5.60 Å². The van der Waals surface area contributed by atoms with Gasteiger partial charge in [-0.3, -0.25) is 0 Å². The Bertz CT molecular complexity index is 316. The molecule has 0 aliphatic heterocycles. The van der Waals surface area contributed by atoms with Gasteiger partial charge in [0.2, 0.25) is 0 Å². The minimum atomic E-state index is -0.635. The maximum Gasteiger partial charge on any atom is 0.0896 e. The Labute approximate surface area is 86.9 Å². The maximum atomic E-state index is 10.2. The second-order valence-corrected chi connectivity index (χ2v) is 4.85. The molecular formula is C11H13BrO. The fourth-order valence-electron chi connectivity index (χ4n) is 1.68. The highest BCUT2D eigenvalue weighted by Gasteiger charge is 2.41. The van der Waals surface area contributed by atoms with E-state index in [0.29, 0.717) is 5.92 Å². The van der Waals surface area contributed by atoms with Gasteiger partial charge in [-0.05, 0) is 43.4 Å². The smallest absolute Gasteiger partial charge is 0.0896 e. The number of hydrogen-bond acceptors (Lipinski definition) is 1. The predicted molar refractivity (Wildman–Crippen MR) is 56.4 cm³/mol. The topological polar surface area (TPSA) is 20.2 Å². The zero-order valence-corrected chi connectivity index (χ0v) is 9.21. The van der Waals surface area contributed by atoms with Crippen molar-refractivity contribution in [3.05, 3.63) is 34.3 Å². The van der Waals surface area contributed by atoms with Crippen LogP contribution in [-0.4, -0.2) is 5.11 Å². The number of rotatable bonds is 2. The Morgan fingerprint density at radius 1 is 1.46 bits per heavy atom. The van der Waals surface area contributed by atoms with Crippen molar-refractivity contribution in [2.45, 2.75) is 25.4 Å². The molecule has 0 saturated heterocycles. The second-order valence-electron chi connectivity index (χ2n) is 3.93. The van der Waals surface area contributed by atoms with Crippen LogP contribution < -0.4 is 0 Å². The van der Waals surface area contributed by atoms with E-state index in [0.717, 1.165) is 22.9 Å². The third kappa shape index (κ3) is 1.79. The number of hydrogen-bond donors (Lipinski definition) is 1. The van der Waals surface area contributed by atoms with E-state index in [1.54, 1.807) is 0 Å². The van der Waals surface area contributed by atoms with Gasteiger partial charge in [-0.1, -0.05) is 28.1 Å². The molecule has 0 radical (unpaired) electrons. The highest BCUT2D eigenvalue weighted by atomic mass is 79.9. The Balaban J connectivity index is 2.33. The van der Waals surface area contributed by atoms with Gasteiger partial charge in [0.1, 0.15) is 0 Å². The number of benzene rings is 1. The van der Waals surface area contributed by atoms with Crippen molar-refractivity contribution in [2.24, 2.45) is 5.92 Å². The average Bonchev–Trinajstić information content (AvgIpc) is 2.86. The molecule has 1 aromatic carbocycles. The van der Waals surface area contributed by atoms with E-state index in [-0.39, 0.29) is 0 Å². The van der Waals surface area contributed by atoms with Crippen molar-refractivity contribution < 1.29 is 5.11 Å². The molecule has 1 atom stereocenters. The van der Waals surface area contributed by atoms with Crippen molar-refractivity contribution in [3.8, 4) is 0 Å². The van der Waals surface area contributed by atoms with Gasteiger partial charge in [-0.15, -0.1) is 0 Å². The molecule has 1 unspecified atom stereocenters. The molecule has 1 N–H and O–H groups in total. The summed E-state index contributed by atoms with van der Waals surface area (Å²) in [6.07, 6.45) is 2.30. The normalized spacial score (nSPS) is 21.2. The summed E-state index contributed by atoms with van der Waals surface area (Å²) in [7, 11) is 0. The Morgan fingerprint density at radius 3 is 2.69 bits per heavy atom. The standard InChI is InChI=1S/C11H13BrO/c1-11(13,8-5-6-8)9-3-2-4-10(12)7-9/h2-4,7-8,13H,5-6H2,1H3. The Hall–Kier alpha value is -0.340. The first-order valence-corrected chi connectivity index (χ1v) is 5.38. The van der Waals surface area contributed by atoms with E-state index in [9.17, 15) is 5.11 Å². The van der Waals surface area contributed by atoms with E-state index in [2.05, 4.69) is 15.9 Å². The fourth-order valence-corrected chi connectivity index (χ4v) is 2.08. The fraction of sp³-hybridized carbons (Fsp3) is 0.455. The second kappa shape index (κ2) is 3.10. The summed E-state index contributed by atoms with van der Waals surface area (Å²) in [6.45, 7) is 1.91. The Kier molecular flexibility index (Phi) is 2.20. The van der Waals surface area contributed by atoms with E-state index in [1.165, 1.54) is 0 Å². The SMILES string of the molecule is CC(O)(c1cccc(Br)c1)C1CC1. The minimum Gasteiger partial charge on any atom is -0.385 e. The molecule has 0 spiro atoms. The molecule has 1 fully saturated rings. The van der Waals surface area contributed by atoms with Gasteiger partial charge in [0.25, 0.3) is 0 Å². The summed E-state index contributed by atoms with van der Waals surface area (Å²) in [6, 6.07) is 7.93. The van der Waals surface area contributed by atoms with Crippen LogP contribution in [0.25, 0.3) is 0 Å². The van der Waals surface area contributed by atoms with Crippen LogP contribution in [0.5, 0.6) is 0 Å². The van der Waals surface area contributed by atoms with Gasteiger partial charge in [0.05, 0.1) is 5.60 Å². The van der Waals surface area contributed by atoms with Gasteiger partial charge < -0.3 is 5.11 Å². The Morgan fingerprint density at radius 2 is 2.15 bits per heavy atom. The third-order valence-corrected chi connectivity index (χ3v) is 3.27. The quantitative estimate of drug-likeness (QED) is 0.843. The third-order valence-electron chi connectivity index (χ3n) is 2.78. The molecule has 0 amide bonds. The van der Waals surface area contributed by atoms with Gasteiger partial charge in [-0.2, -0.15) is 0 Å².